The predicted octanol–water partition coefficient (Wildman–Crippen LogP) is 5.36. The van der Waals surface area contributed by atoms with Gasteiger partial charge in [0.1, 0.15) is 12.2 Å². The number of rotatable bonds is 6. The number of carbonyl (C=O) groups excluding carboxylic acids is 3. The van der Waals surface area contributed by atoms with Gasteiger partial charge in [-0.1, -0.05) is 57.9 Å². The van der Waals surface area contributed by atoms with E-state index in [-0.39, 0.29) is 17.2 Å². The molecule has 0 bridgehead atoms. The summed E-state index contributed by atoms with van der Waals surface area (Å²) in [4.78, 5) is 38.8. The van der Waals surface area contributed by atoms with Crippen molar-refractivity contribution in [2.45, 2.75) is 6.61 Å². The van der Waals surface area contributed by atoms with Crippen LogP contribution in [0.1, 0.15) is 11.1 Å². The topological polar surface area (TPSA) is 84.9 Å². The van der Waals surface area contributed by atoms with Crippen molar-refractivity contribution in [2.24, 2.45) is 0 Å². The maximum Gasteiger partial charge on any atom is 0.335 e. The van der Waals surface area contributed by atoms with Crippen LogP contribution in [0.4, 0.5) is 10.5 Å². The maximum atomic E-state index is 13.1. The number of benzene rings is 3. The van der Waals surface area contributed by atoms with Crippen molar-refractivity contribution >= 4 is 57.1 Å². The summed E-state index contributed by atoms with van der Waals surface area (Å²) in [6.07, 6.45) is 1.35. The first-order chi connectivity index (χ1) is 16.4. The largest absolute Gasteiger partial charge is 0.493 e. The third-order valence-corrected chi connectivity index (χ3v) is 5.78. The second-order valence-corrected chi connectivity index (χ2v) is 8.57. The molecule has 3 aromatic carbocycles. The standard InChI is InChI=1S/C25H18BrClN2O5/c1-33-21-13-16(12-20(27)22(21)34-14-15-5-3-2-4-6-15)11-19-23(30)28-25(32)29(24(19)31)18-9-7-17(26)8-10-18/h2-13H,14H2,1H3,(H,28,30,32)/b19-11-. The Kier molecular flexibility index (Phi) is 7.00. The first-order valence-corrected chi connectivity index (χ1v) is 11.3. The lowest BCUT2D eigenvalue weighted by atomic mass is 10.1. The van der Waals surface area contributed by atoms with Crippen LogP contribution in [0.3, 0.4) is 0 Å². The van der Waals surface area contributed by atoms with Crippen LogP contribution < -0.4 is 19.7 Å². The van der Waals surface area contributed by atoms with Gasteiger partial charge in [0.25, 0.3) is 11.8 Å². The number of halogens is 2. The summed E-state index contributed by atoms with van der Waals surface area (Å²) in [7, 11) is 1.46. The molecule has 7 nitrogen and oxygen atoms in total. The summed E-state index contributed by atoms with van der Waals surface area (Å²) in [5.74, 6) is -0.889. The Morgan fingerprint density at radius 3 is 2.41 bits per heavy atom. The summed E-state index contributed by atoms with van der Waals surface area (Å²) >= 11 is 9.76. The van der Waals surface area contributed by atoms with Crippen LogP contribution in [-0.4, -0.2) is 25.0 Å². The zero-order chi connectivity index (χ0) is 24.2. The van der Waals surface area contributed by atoms with E-state index < -0.39 is 17.8 Å². The van der Waals surface area contributed by atoms with Crippen LogP contribution in [0.5, 0.6) is 11.5 Å². The van der Waals surface area contributed by atoms with Gasteiger partial charge in [-0.3, -0.25) is 14.9 Å². The van der Waals surface area contributed by atoms with Gasteiger partial charge in [-0.25, -0.2) is 9.69 Å². The number of nitrogens with zero attached hydrogens (tertiary/aromatic N) is 1. The lowest BCUT2D eigenvalue weighted by molar-refractivity contribution is -0.122. The molecule has 3 aromatic rings. The SMILES string of the molecule is COc1cc(/C=C2/C(=O)NC(=O)N(c3ccc(Br)cc3)C2=O)cc(Cl)c1OCc1ccccc1. The van der Waals surface area contributed by atoms with Crippen molar-refractivity contribution in [2.75, 3.05) is 12.0 Å². The lowest BCUT2D eigenvalue weighted by Crippen LogP contribution is -2.54. The van der Waals surface area contributed by atoms with E-state index in [4.69, 9.17) is 21.1 Å². The summed E-state index contributed by atoms with van der Waals surface area (Å²) in [5, 5.41) is 2.44. The highest BCUT2D eigenvalue weighted by Crippen LogP contribution is 2.38. The highest BCUT2D eigenvalue weighted by molar-refractivity contribution is 9.10. The second kappa shape index (κ2) is 10.1. The first kappa shape index (κ1) is 23.5. The molecule has 0 aliphatic carbocycles. The predicted molar refractivity (Wildman–Crippen MR) is 132 cm³/mol. The normalized spacial score (nSPS) is 14.9. The molecule has 0 saturated carbocycles. The monoisotopic (exact) mass is 540 g/mol. The number of urea groups is 1. The van der Waals surface area contributed by atoms with E-state index in [1.165, 1.54) is 13.2 Å². The molecule has 0 unspecified atom stereocenters. The van der Waals surface area contributed by atoms with Crippen LogP contribution in [-0.2, 0) is 16.2 Å². The van der Waals surface area contributed by atoms with Gasteiger partial charge in [-0.05, 0) is 53.6 Å². The summed E-state index contributed by atoms with van der Waals surface area (Å²) in [5.41, 5.74) is 1.48. The minimum atomic E-state index is -0.824. The number of amides is 4. The Hall–Kier alpha value is -3.62. The molecule has 34 heavy (non-hydrogen) atoms. The molecule has 1 heterocycles. The zero-order valence-electron chi connectivity index (χ0n) is 17.9. The number of ether oxygens (including phenoxy) is 2. The molecule has 0 aromatic heterocycles. The van der Waals surface area contributed by atoms with E-state index in [1.807, 2.05) is 30.3 Å². The molecular weight excluding hydrogens is 524 g/mol. The second-order valence-electron chi connectivity index (χ2n) is 7.24. The Bertz CT molecular complexity index is 1290. The fourth-order valence-electron chi connectivity index (χ4n) is 3.34. The molecular formula is C25H18BrClN2O5. The number of methoxy groups -OCH3 is 1. The van der Waals surface area contributed by atoms with Gasteiger partial charge < -0.3 is 9.47 Å². The molecule has 1 aliphatic heterocycles. The molecule has 0 atom stereocenters. The van der Waals surface area contributed by atoms with Crippen LogP contribution in [0.25, 0.3) is 6.08 Å². The van der Waals surface area contributed by atoms with Crippen LogP contribution in [0.2, 0.25) is 5.02 Å². The van der Waals surface area contributed by atoms with Gasteiger partial charge in [0.2, 0.25) is 0 Å². The number of anilines is 1. The molecule has 1 fully saturated rings. The molecule has 4 rings (SSSR count). The third-order valence-electron chi connectivity index (χ3n) is 4.98. The van der Waals surface area contributed by atoms with Crippen molar-refractivity contribution < 1.29 is 23.9 Å². The minimum absolute atomic E-state index is 0.224. The van der Waals surface area contributed by atoms with E-state index in [9.17, 15) is 14.4 Å². The Morgan fingerprint density at radius 2 is 1.74 bits per heavy atom. The van der Waals surface area contributed by atoms with Crippen molar-refractivity contribution in [3.63, 3.8) is 0 Å². The lowest BCUT2D eigenvalue weighted by Gasteiger charge is -2.26. The maximum absolute atomic E-state index is 13.1. The molecule has 172 valence electrons. The van der Waals surface area contributed by atoms with E-state index >= 15 is 0 Å². The number of hydrogen-bond acceptors (Lipinski definition) is 5. The van der Waals surface area contributed by atoms with E-state index in [0.29, 0.717) is 22.7 Å². The highest BCUT2D eigenvalue weighted by atomic mass is 79.9. The summed E-state index contributed by atoms with van der Waals surface area (Å²) in [6.45, 7) is 0.280. The van der Waals surface area contributed by atoms with Crippen LogP contribution in [0, 0.1) is 0 Å². The zero-order valence-corrected chi connectivity index (χ0v) is 20.2. The fourth-order valence-corrected chi connectivity index (χ4v) is 3.88. The van der Waals surface area contributed by atoms with E-state index in [0.717, 1.165) is 14.9 Å². The van der Waals surface area contributed by atoms with Gasteiger partial charge >= 0.3 is 6.03 Å². The van der Waals surface area contributed by atoms with Crippen molar-refractivity contribution in [1.82, 2.24) is 5.32 Å². The summed E-state index contributed by atoms with van der Waals surface area (Å²) < 4.78 is 12.1. The first-order valence-electron chi connectivity index (χ1n) is 10.1. The van der Waals surface area contributed by atoms with Gasteiger partial charge in [0, 0.05) is 4.47 Å². The van der Waals surface area contributed by atoms with Crippen molar-refractivity contribution in [3.8, 4) is 11.5 Å². The van der Waals surface area contributed by atoms with E-state index in [1.54, 1.807) is 36.4 Å². The van der Waals surface area contributed by atoms with Gasteiger partial charge in [0.05, 0.1) is 17.8 Å². The van der Waals surface area contributed by atoms with Crippen LogP contribution in [0.15, 0.2) is 76.8 Å². The number of imide groups is 2. The number of barbiturate groups is 1. The molecule has 0 spiro atoms. The molecule has 4 amide bonds. The average molecular weight is 542 g/mol. The quantitative estimate of drug-likeness (QED) is 0.336. The fraction of sp³-hybridized carbons (Fsp3) is 0.0800. The van der Waals surface area contributed by atoms with Crippen molar-refractivity contribution in [1.29, 1.82) is 0 Å². The van der Waals surface area contributed by atoms with Crippen LogP contribution >= 0.6 is 27.5 Å². The Labute approximate surface area is 209 Å². The number of nitrogens with one attached hydrogen (secondary N) is 1. The molecule has 1 aliphatic rings. The highest BCUT2D eigenvalue weighted by Gasteiger charge is 2.36. The smallest absolute Gasteiger partial charge is 0.335 e. The molecule has 0 radical (unpaired) electrons. The molecule has 1 saturated heterocycles. The minimum Gasteiger partial charge on any atom is -0.493 e. The van der Waals surface area contributed by atoms with Gasteiger partial charge in [0.15, 0.2) is 11.5 Å². The Balaban J connectivity index is 1.64. The number of hydrogen-bond donors (Lipinski definition) is 1. The number of carbonyl (C=O) groups is 3. The van der Waals surface area contributed by atoms with E-state index in [2.05, 4.69) is 21.2 Å². The molecule has 1 N–H and O–H groups in total. The van der Waals surface area contributed by atoms with Gasteiger partial charge in [-0.2, -0.15) is 0 Å². The van der Waals surface area contributed by atoms with Crippen molar-refractivity contribution in [3.05, 3.63) is 92.9 Å². The Morgan fingerprint density at radius 1 is 1.03 bits per heavy atom. The third kappa shape index (κ3) is 4.98. The summed E-state index contributed by atoms with van der Waals surface area (Å²) in [6, 6.07) is 18.4. The average Bonchev–Trinajstić information content (AvgIpc) is 2.82. The molecule has 9 heteroatoms. The van der Waals surface area contributed by atoms with Gasteiger partial charge in [-0.15, -0.1) is 0 Å².